The Labute approximate surface area is 122 Å². The summed E-state index contributed by atoms with van der Waals surface area (Å²) in [7, 11) is 0. The van der Waals surface area contributed by atoms with Gasteiger partial charge in [0.15, 0.2) is 0 Å². The number of allylic oxidation sites excluding steroid dienone is 4. The summed E-state index contributed by atoms with van der Waals surface area (Å²) in [4.78, 5) is 14.1. The van der Waals surface area contributed by atoms with E-state index in [2.05, 4.69) is 59.1 Å². The highest BCUT2D eigenvalue weighted by Gasteiger charge is 2.16. The Bertz CT molecular complexity index is 438. The standard InChI is InChI=1S/C10H15Br.C4H4N2O2/c1-8(2)7-9-5-3-4-6-10(9)11;7-4(8)6-2-1-5-3-6/h3-6,8-10H,7H2,1-2H3;1-3H,(H,7,8). The normalized spacial score (nSPS) is 21.1. The maximum absolute atomic E-state index is 9.98. The van der Waals surface area contributed by atoms with Crippen molar-refractivity contribution < 1.29 is 9.90 Å². The van der Waals surface area contributed by atoms with Gasteiger partial charge in [-0.3, -0.25) is 0 Å². The second-order valence-corrected chi connectivity index (χ2v) is 5.82. The fourth-order valence-electron chi connectivity index (χ4n) is 1.75. The molecule has 5 heteroatoms. The molecule has 104 valence electrons. The minimum atomic E-state index is -1.01. The first-order valence-corrected chi connectivity index (χ1v) is 7.12. The minimum absolute atomic E-state index is 0.551. The SMILES string of the molecule is CC(C)CC1C=CC=CC1Br.O=C(O)n1ccnc1. The fraction of sp³-hybridized carbons (Fsp3) is 0.429. The summed E-state index contributed by atoms with van der Waals surface area (Å²) in [5.41, 5.74) is 0. The first-order chi connectivity index (χ1) is 9.00. The van der Waals surface area contributed by atoms with E-state index in [1.807, 2.05) is 0 Å². The molecule has 0 aromatic carbocycles. The Balaban J connectivity index is 0.000000200. The molecule has 1 N–H and O–H groups in total. The van der Waals surface area contributed by atoms with Crippen molar-refractivity contribution in [3.05, 3.63) is 43.0 Å². The van der Waals surface area contributed by atoms with Gasteiger partial charge < -0.3 is 5.11 Å². The molecule has 1 aromatic heterocycles. The predicted molar refractivity (Wildman–Crippen MR) is 79.6 cm³/mol. The molecule has 19 heavy (non-hydrogen) atoms. The lowest BCUT2D eigenvalue weighted by atomic mass is 9.91. The van der Waals surface area contributed by atoms with E-state index in [4.69, 9.17) is 5.11 Å². The van der Waals surface area contributed by atoms with Crippen LogP contribution < -0.4 is 0 Å². The number of imidazole rings is 1. The third kappa shape index (κ3) is 5.87. The molecule has 0 radical (unpaired) electrons. The molecule has 0 bridgehead atoms. The Kier molecular flexibility index (Phi) is 6.56. The van der Waals surface area contributed by atoms with Crippen molar-refractivity contribution in [3.8, 4) is 0 Å². The van der Waals surface area contributed by atoms with Gasteiger partial charge in [0.25, 0.3) is 0 Å². The molecule has 0 spiro atoms. The maximum Gasteiger partial charge on any atom is 0.416 e. The van der Waals surface area contributed by atoms with Gasteiger partial charge in [0.05, 0.1) is 0 Å². The van der Waals surface area contributed by atoms with Gasteiger partial charge in [0, 0.05) is 17.2 Å². The Morgan fingerprint density at radius 1 is 1.42 bits per heavy atom. The number of nitrogens with zero attached hydrogens (tertiary/aromatic N) is 2. The van der Waals surface area contributed by atoms with Crippen molar-refractivity contribution in [2.45, 2.75) is 25.1 Å². The number of aromatic nitrogens is 2. The number of hydrogen-bond donors (Lipinski definition) is 1. The van der Waals surface area contributed by atoms with Crippen molar-refractivity contribution in [2.75, 3.05) is 0 Å². The number of carboxylic acid groups (broad SMARTS) is 1. The Morgan fingerprint density at radius 2 is 2.11 bits per heavy atom. The van der Waals surface area contributed by atoms with Crippen molar-refractivity contribution in [1.29, 1.82) is 0 Å². The van der Waals surface area contributed by atoms with Gasteiger partial charge in [-0.1, -0.05) is 54.1 Å². The summed E-state index contributed by atoms with van der Waals surface area (Å²) in [6, 6.07) is 0. The van der Waals surface area contributed by atoms with E-state index in [-0.39, 0.29) is 0 Å². The van der Waals surface area contributed by atoms with Crippen LogP contribution in [0.25, 0.3) is 0 Å². The highest BCUT2D eigenvalue weighted by Crippen LogP contribution is 2.25. The Morgan fingerprint density at radius 3 is 2.53 bits per heavy atom. The fourth-order valence-corrected chi connectivity index (χ4v) is 2.32. The van der Waals surface area contributed by atoms with Crippen LogP contribution in [0.5, 0.6) is 0 Å². The van der Waals surface area contributed by atoms with Crippen LogP contribution in [-0.2, 0) is 0 Å². The smallest absolute Gasteiger partial charge is 0.416 e. The molecule has 2 unspecified atom stereocenters. The maximum atomic E-state index is 9.98. The molecule has 0 saturated heterocycles. The van der Waals surface area contributed by atoms with Crippen LogP contribution >= 0.6 is 15.9 Å². The first kappa shape index (κ1) is 15.7. The monoisotopic (exact) mass is 326 g/mol. The molecule has 0 saturated carbocycles. The Hall–Kier alpha value is -1.36. The molecule has 0 amide bonds. The van der Waals surface area contributed by atoms with Crippen molar-refractivity contribution in [2.24, 2.45) is 11.8 Å². The average molecular weight is 327 g/mol. The molecular formula is C14H19BrN2O2. The summed E-state index contributed by atoms with van der Waals surface area (Å²) < 4.78 is 0.972. The van der Waals surface area contributed by atoms with Crippen molar-refractivity contribution >= 4 is 22.0 Å². The lowest BCUT2D eigenvalue weighted by molar-refractivity contribution is 0.196. The van der Waals surface area contributed by atoms with Crippen LogP contribution in [0.3, 0.4) is 0 Å². The van der Waals surface area contributed by atoms with Gasteiger partial charge in [-0.2, -0.15) is 0 Å². The van der Waals surface area contributed by atoms with Gasteiger partial charge in [0.2, 0.25) is 0 Å². The quantitative estimate of drug-likeness (QED) is 0.837. The second kappa shape index (κ2) is 7.94. The van der Waals surface area contributed by atoms with E-state index in [0.29, 0.717) is 10.7 Å². The number of halogens is 1. The predicted octanol–water partition coefficient (Wildman–Crippen LogP) is 3.95. The molecule has 4 nitrogen and oxygen atoms in total. The summed E-state index contributed by atoms with van der Waals surface area (Å²) in [5, 5.41) is 8.20. The van der Waals surface area contributed by atoms with Crippen molar-refractivity contribution in [3.63, 3.8) is 0 Å². The van der Waals surface area contributed by atoms with Crippen LogP contribution in [0.2, 0.25) is 0 Å². The van der Waals surface area contributed by atoms with Gasteiger partial charge in [0.1, 0.15) is 6.33 Å². The van der Waals surface area contributed by atoms with E-state index in [1.54, 1.807) is 0 Å². The molecule has 1 aromatic rings. The van der Waals surface area contributed by atoms with Gasteiger partial charge in [-0.05, 0) is 18.3 Å². The number of alkyl halides is 1. The summed E-state index contributed by atoms with van der Waals surface area (Å²) in [6.07, 6.45) is 13.0. The van der Waals surface area contributed by atoms with Crippen LogP contribution in [0.4, 0.5) is 4.79 Å². The van der Waals surface area contributed by atoms with Crippen LogP contribution in [0, 0.1) is 11.8 Å². The van der Waals surface area contributed by atoms with Gasteiger partial charge in [-0.25, -0.2) is 14.3 Å². The molecule has 1 heterocycles. The first-order valence-electron chi connectivity index (χ1n) is 6.21. The largest absolute Gasteiger partial charge is 0.464 e. The lowest BCUT2D eigenvalue weighted by Gasteiger charge is -2.20. The third-order valence-corrected chi connectivity index (χ3v) is 3.63. The van der Waals surface area contributed by atoms with Crippen LogP contribution in [0.15, 0.2) is 43.0 Å². The molecule has 2 atom stereocenters. The van der Waals surface area contributed by atoms with Gasteiger partial charge in [-0.15, -0.1) is 0 Å². The van der Waals surface area contributed by atoms with Gasteiger partial charge >= 0.3 is 6.09 Å². The molecular weight excluding hydrogens is 308 g/mol. The lowest BCUT2D eigenvalue weighted by Crippen LogP contribution is -2.13. The number of carbonyl (C=O) groups is 1. The number of rotatable bonds is 2. The van der Waals surface area contributed by atoms with E-state index in [9.17, 15) is 4.79 Å². The highest BCUT2D eigenvalue weighted by atomic mass is 79.9. The van der Waals surface area contributed by atoms with E-state index >= 15 is 0 Å². The molecule has 1 aliphatic rings. The van der Waals surface area contributed by atoms with E-state index in [0.717, 1.165) is 10.5 Å². The summed E-state index contributed by atoms with van der Waals surface area (Å²) >= 11 is 3.65. The topological polar surface area (TPSA) is 55.1 Å². The zero-order chi connectivity index (χ0) is 14.3. The van der Waals surface area contributed by atoms with E-state index < -0.39 is 6.09 Å². The zero-order valence-electron chi connectivity index (χ0n) is 11.1. The average Bonchev–Trinajstić information content (AvgIpc) is 2.86. The molecule has 2 rings (SSSR count). The minimum Gasteiger partial charge on any atom is -0.464 e. The number of hydrogen-bond acceptors (Lipinski definition) is 2. The molecule has 1 aliphatic carbocycles. The van der Waals surface area contributed by atoms with E-state index in [1.165, 1.54) is 25.1 Å². The highest BCUT2D eigenvalue weighted by molar-refractivity contribution is 9.09. The summed E-state index contributed by atoms with van der Waals surface area (Å²) in [6.45, 7) is 4.54. The molecule has 0 aliphatic heterocycles. The second-order valence-electron chi connectivity index (χ2n) is 4.76. The zero-order valence-corrected chi connectivity index (χ0v) is 12.7. The van der Waals surface area contributed by atoms with Crippen LogP contribution in [-0.4, -0.2) is 25.6 Å². The molecule has 0 fully saturated rings. The van der Waals surface area contributed by atoms with Crippen molar-refractivity contribution in [1.82, 2.24) is 9.55 Å². The third-order valence-electron chi connectivity index (χ3n) is 2.64. The van der Waals surface area contributed by atoms with Crippen LogP contribution in [0.1, 0.15) is 20.3 Å². The summed E-state index contributed by atoms with van der Waals surface area (Å²) in [5.74, 6) is 1.48.